The molecule has 3 rings (SSSR count). The van der Waals surface area contributed by atoms with Crippen molar-refractivity contribution in [1.82, 2.24) is 10.1 Å². The molecule has 1 saturated carbocycles. The molecule has 2 aromatic rings. The fourth-order valence-corrected chi connectivity index (χ4v) is 2.73. The molecule has 1 aliphatic rings. The Hall–Kier alpha value is -2.44. The maximum absolute atomic E-state index is 10.7. The zero-order valence-electron chi connectivity index (χ0n) is 11.5. The number of benzene rings is 1. The van der Waals surface area contributed by atoms with Crippen molar-refractivity contribution >= 4 is 11.4 Å². The second kappa shape index (κ2) is 5.51. The van der Waals surface area contributed by atoms with E-state index in [2.05, 4.69) is 10.1 Å². The molecule has 110 valence electrons. The number of non-ortho nitro benzene ring substituents is 1. The average Bonchev–Trinajstić information content (AvgIpc) is 2.97. The molecule has 2 N–H and O–H groups in total. The van der Waals surface area contributed by atoms with Crippen molar-refractivity contribution in [2.45, 2.75) is 38.0 Å². The number of nitrogens with zero attached hydrogens (tertiary/aromatic N) is 3. The maximum atomic E-state index is 10.7. The number of aromatic nitrogens is 2. The quantitative estimate of drug-likeness (QED) is 0.527. The molecule has 0 radical (unpaired) electrons. The summed E-state index contributed by atoms with van der Waals surface area (Å²) in [6.07, 6.45) is 5.79. The van der Waals surface area contributed by atoms with Gasteiger partial charge in [0.05, 0.1) is 16.2 Å². The van der Waals surface area contributed by atoms with Gasteiger partial charge in [0.1, 0.15) is 0 Å². The van der Waals surface area contributed by atoms with E-state index in [0.29, 0.717) is 23.2 Å². The van der Waals surface area contributed by atoms with Crippen molar-refractivity contribution < 1.29 is 9.45 Å². The maximum Gasteiger partial charge on any atom is 0.271 e. The Bertz CT molecular complexity index is 662. The molecule has 0 spiro atoms. The second-order valence-electron chi connectivity index (χ2n) is 5.32. The number of anilines is 1. The molecule has 0 amide bonds. The summed E-state index contributed by atoms with van der Waals surface area (Å²) in [4.78, 5) is 14.6. The highest BCUT2D eigenvalue weighted by molar-refractivity contribution is 5.72. The molecule has 21 heavy (non-hydrogen) atoms. The van der Waals surface area contributed by atoms with Gasteiger partial charge in [0.15, 0.2) is 5.82 Å². The van der Waals surface area contributed by atoms with Gasteiger partial charge in [0.2, 0.25) is 0 Å². The highest BCUT2D eigenvalue weighted by Crippen LogP contribution is 2.33. The SMILES string of the molecule is Nc1cc([N+](=O)[O-])ccc1-c1nc(C2CCCCC2)no1. The summed E-state index contributed by atoms with van der Waals surface area (Å²) in [6.45, 7) is 0. The summed E-state index contributed by atoms with van der Waals surface area (Å²) >= 11 is 0. The van der Waals surface area contributed by atoms with Crippen LogP contribution < -0.4 is 5.73 Å². The molecule has 0 aliphatic heterocycles. The summed E-state index contributed by atoms with van der Waals surface area (Å²) in [6, 6.07) is 4.24. The first kappa shape index (κ1) is 13.5. The highest BCUT2D eigenvalue weighted by atomic mass is 16.6. The van der Waals surface area contributed by atoms with Crippen LogP contribution in [0.5, 0.6) is 0 Å². The topological polar surface area (TPSA) is 108 Å². The lowest BCUT2D eigenvalue weighted by molar-refractivity contribution is -0.384. The molecular formula is C14H16N4O3. The number of rotatable bonds is 3. The molecule has 1 fully saturated rings. The number of nitrogens with two attached hydrogens (primary N) is 1. The van der Waals surface area contributed by atoms with E-state index >= 15 is 0 Å². The Morgan fingerprint density at radius 1 is 1.29 bits per heavy atom. The van der Waals surface area contributed by atoms with Crippen LogP contribution in [-0.2, 0) is 0 Å². The minimum absolute atomic E-state index is 0.0525. The van der Waals surface area contributed by atoms with Crippen LogP contribution in [0.25, 0.3) is 11.5 Å². The van der Waals surface area contributed by atoms with E-state index in [0.717, 1.165) is 12.8 Å². The van der Waals surface area contributed by atoms with Crippen LogP contribution in [0.15, 0.2) is 22.7 Å². The van der Waals surface area contributed by atoms with E-state index in [9.17, 15) is 10.1 Å². The molecule has 1 heterocycles. The van der Waals surface area contributed by atoms with Crippen molar-refractivity contribution in [3.8, 4) is 11.5 Å². The first-order valence-electron chi connectivity index (χ1n) is 7.03. The van der Waals surface area contributed by atoms with Crippen LogP contribution in [-0.4, -0.2) is 15.1 Å². The summed E-state index contributed by atoms with van der Waals surface area (Å²) in [5.74, 6) is 1.38. The van der Waals surface area contributed by atoms with Crippen molar-refractivity contribution in [2.75, 3.05) is 5.73 Å². The zero-order chi connectivity index (χ0) is 14.8. The van der Waals surface area contributed by atoms with E-state index in [1.54, 1.807) is 6.07 Å². The van der Waals surface area contributed by atoms with E-state index in [1.807, 2.05) is 0 Å². The zero-order valence-corrected chi connectivity index (χ0v) is 11.5. The van der Waals surface area contributed by atoms with Crippen LogP contribution in [0.4, 0.5) is 11.4 Å². The molecule has 7 heteroatoms. The Labute approximate surface area is 121 Å². The molecule has 1 aromatic carbocycles. The lowest BCUT2D eigenvalue weighted by Crippen LogP contribution is -2.06. The minimum atomic E-state index is -0.485. The lowest BCUT2D eigenvalue weighted by atomic mass is 9.89. The van der Waals surface area contributed by atoms with Gasteiger partial charge >= 0.3 is 0 Å². The number of nitro groups is 1. The largest absolute Gasteiger partial charge is 0.398 e. The molecular weight excluding hydrogens is 272 g/mol. The number of hydrogen-bond acceptors (Lipinski definition) is 6. The Morgan fingerprint density at radius 2 is 2.05 bits per heavy atom. The molecule has 1 aliphatic carbocycles. The van der Waals surface area contributed by atoms with Crippen molar-refractivity contribution in [2.24, 2.45) is 0 Å². The molecule has 1 aromatic heterocycles. The van der Waals surface area contributed by atoms with Crippen LogP contribution in [0.2, 0.25) is 0 Å². The molecule has 0 saturated heterocycles. The van der Waals surface area contributed by atoms with Crippen molar-refractivity contribution in [1.29, 1.82) is 0 Å². The van der Waals surface area contributed by atoms with Gasteiger partial charge in [-0.05, 0) is 18.9 Å². The average molecular weight is 288 g/mol. The Balaban J connectivity index is 1.87. The van der Waals surface area contributed by atoms with E-state index < -0.39 is 4.92 Å². The minimum Gasteiger partial charge on any atom is -0.398 e. The van der Waals surface area contributed by atoms with Gasteiger partial charge in [0.25, 0.3) is 11.6 Å². The van der Waals surface area contributed by atoms with Crippen LogP contribution in [0.3, 0.4) is 0 Å². The monoisotopic (exact) mass is 288 g/mol. The molecule has 0 bridgehead atoms. The number of hydrogen-bond donors (Lipinski definition) is 1. The van der Waals surface area contributed by atoms with Crippen LogP contribution >= 0.6 is 0 Å². The van der Waals surface area contributed by atoms with Gasteiger partial charge in [-0.2, -0.15) is 4.98 Å². The van der Waals surface area contributed by atoms with Gasteiger partial charge in [-0.3, -0.25) is 10.1 Å². The van der Waals surface area contributed by atoms with E-state index in [4.69, 9.17) is 10.3 Å². The third-order valence-corrected chi connectivity index (χ3v) is 3.89. The van der Waals surface area contributed by atoms with Gasteiger partial charge in [0, 0.05) is 18.1 Å². The van der Waals surface area contributed by atoms with E-state index in [1.165, 1.54) is 31.4 Å². The highest BCUT2D eigenvalue weighted by Gasteiger charge is 2.22. The first-order chi connectivity index (χ1) is 10.1. The predicted molar refractivity (Wildman–Crippen MR) is 76.6 cm³/mol. The third-order valence-electron chi connectivity index (χ3n) is 3.89. The van der Waals surface area contributed by atoms with E-state index in [-0.39, 0.29) is 11.4 Å². The summed E-state index contributed by atoms with van der Waals surface area (Å²) in [7, 11) is 0. The van der Waals surface area contributed by atoms with Crippen molar-refractivity contribution in [3.63, 3.8) is 0 Å². The fourth-order valence-electron chi connectivity index (χ4n) is 2.73. The number of nitro benzene ring substituents is 1. The summed E-state index contributed by atoms with van der Waals surface area (Å²) < 4.78 is 5.27. The smallest absolute Gasteiger partial charge is 0.271 e. The van der Waals surface area contributed by atoms with Crippen LogP contribution in [0, 0.1) is 10.1 Å². The van der Waals surface area contributed by atoms with Gasteiger partial charge in [-0.25, -0.2) is 0 Å². The second-order valence-corrected chi connectivity index (χ2v) is 5.32. The van der Waals surface area contributed by atoms with Gasteiger partial charge in [-0.15, -0.1) is 0 Å². The summed E-state index contributed by atoms with van der Waals surface area (Å²) in [5, 5.41) is 14.7. The molecule has 0 unspecified atom stereocenters. The predicted octanol–water partition coefficient (Wildman–Crippen LogP) is 3.27. The normalized spacial score (nSPS) is 16.0. The standard InChI is InChI=1S/C14H16N4O3/c15-12-8-10(18(19)20)6-7-11(12)14-16-13(17-21-14)9-4-2-1-3-5-9/h6-9H,1-5,15H2. The molecule has 0 atom stereocenters. The first-order valence-corrected chi connectivity index (χ1v) is 7.03. The van der Waals surface area contributed by atoms with Crippen LogP contribution in [0.1, 0.15) is 43.8 Å². The number of nitrogen functional groups attached to an aromatic ring is 1. The lowest BCUT2D eigenvalue weighted by Gasteiger charge is -2.17. The fraction of sp³-hybridized carbons (Fsp3) is 0.429. The Morgan fingerprint density at radius 3 is 2.71 bits per heavy atom. The van der Waals surface area contributed by atoms with Crippen molar-refractivity contribution in [3.05, 3.63) is 34.1 Å². The third kappa shape index (κ3) is 2.72. The summed E-state index contributed by atoms with van der Waals surface area (Å²) in [5.41, 5.74) is 6.60. The molecule has 7 nitrogen and oxygen atoms in total. The van der Waals surface area contributed by atoms with Gasteiger partial charge < -0.3 is 10.3 Å². The van der Waals surface area contributed by atoms with Gasteiger partial charge in [-0.1, -0.05) is 24.4 Å². The Kier molecular flexibility index (Phi) is 3.55.